The zero-order valence-corrected chi connectivity index (χ0v) is 13.4. The number of anilines is 1. The number of rotatable bonds is 6. The lowest BCUT2D eigenvalue weighted by molar-refractivity contribution is -0.120. The molecule has 0 radical (unpaired) electrons. The average Bonchev–Trinajstić information content (AvgIpc) is 3.13. The minimum Gasteiger partial charge on any atom is -0.469 e. The Hall–Kier alpha value is -2.60. The van der Waals surface area contributed by atoms with Crippen molar-refractivity contribution in [2.45, 2.75) is 6.42 Å². The van der Waals surface area contributed by atoms with Crippen molar-refractivity contribution in [3.63, 3.8) is 0 Å². The van der Waals surface area contributed by atoms with Gasteiger partial charge in [-0.05, 0) is 36.4 Å². The Bertz CT molecular complexity index is 674. The van der Waals surface area contributed by atoms with E-state index in [4.69, 9.17) is 9.15 Å². The molecule has 0 aliphatic carbocycles. The van der Waals surface area contributed by atoms with Gasteiger partial charge in [-0.2, -0.15) is 0 Å². The van der Waals surface area contributed by atoms with E-state index < -0.39 is 0 Å². The molecule has 0 unspecified atom stereocenters. The van der Waals surface area contributed by atoms with Crippen LogP contribution in [0.3, 0.4) is 0 Å². The van der Waals surface area contributed by atoms with Crippen molar-refractivity contribution < 1.29 is 18.7 Å². The molecule has 0 saturated carbocycles. The number of carbonyl (C=O) groups excluding carboxylic acids is 2. The van der Waals surface area contributed by atoms with Crippen molar-refractivity contribution in [2.75, 3.05) is 37.7 Å². The summed E-state index contributed by atoms with van der Waals surface area (Å²) >= 11 is 0. The molecule has 2 aromatic rings. The van der Waals surface area contributed by atoms with E-state index in [1.165, 1.54) is 6.26 Å². The first-order valence-corrected chi connectivity index (χ1v) is 7.97. The Morgan fingerprint density at radius 2 is 1.83 bits per heavy atom. The average molecular weight is 328 g/mol. The molecule has 0 atom stereocenters. The molecule has 2 heterocycles. The smallest absolute Gasteiger partial charge is 0.227 e. The number of ketones is 1. The predicted molar refractivity (Wildman–Crippen MR) is 89.2 cm³/mol. The lowest BCUT2D eigenvalue weighted by Crippen LogP contribution is -2.36. The normalized spacial score (nSPS) is 14.4. The summed E-state index contributed by atoms with van der Waals surface area (Å²) in [6, 6.07) is 10.9. The zero-order chi connectivity index (χ0) is 16.8. The molecule has 0 bridgehead atoms. The minimum absolute atomic E-state index is 0.0174. The summed E-state index contributed by atoms with van der Waals surface area (Å²) in [7, 11) is 0. The van der Waals surface area contributed by atoms with Crippen LogP contribution < -0.4 is 10.2 Å². The van der Waals surface area contributed by atoms with E-state index in [-0.39, 0.29) is 24.7 Å². The van der Waals surface area contributed by atoms with Crippen LogP contribution in [0, 0.1) is 0 Å². The Balaban J connectivity index is 1.50. The molecular formula is C18H20N2O4. The maximum absolute atomic E-state index is 12.2. The number of morpholine rings is 1. The summed E-state index contributed by atoms with van der Waals surface area (Å²) in [5.74, 6) is 0.231. The molecule has 1 aromatic carbocycles. The van der Waals surface area contributed by atoms with Gasteiger partial charge in [0.15, 0.2) is 5.78 Å². The molecule has 1 N–H and O–H groups in total. The highest BCUT2D eigenvalue weighted by Gasteiger charge is 2.13. The Kier molecular flexibility index (Phi) is 5.28. The van der Waals surface area contributed by atoms with Crippen LogP contribution in [0.15, 0.2) is 47.1 Å². The Morgan fingerprint density at radius 3 is 2.50 bits per heavy atom. The van der Waals surface area contributed by atoms with Gasteiger partial charge < -0.3 is 19.4 Å². The zero-order valence-electron chi connectivity index (χ0n) is 13.4. The monoisotopic (exact) mass is 328 g/mol. The second kappa shape index (κ2) is 7.79. The van der Waals surface area contributed by atoms with E-state index in [9.17, 15) is 9.59 Å². The summed E-state index contributed by atoms with van der Waals surface area (Å²) in [4.78, 5) is 26.2. The molecule has 1 aliphatic rings. The van der Waals surface area contributed by atoms with Crippen molar-refractivity contribution >= 4 is 17.4 Å². The van der Waals surface area contributed by atoms with E-state index in [0.717, 1.165) is 32.0 Å². The molecule has 1 amide bonds. The van der Waals surface area contributed by atoms with Gasteiger partial charge in [0.1, 0.15) is 5.76 Å². The van der Waals surface area contributed by atoms with Gasteiger partial charge in [-0.3, -0.25) is 9.59 Å². The van der Waals surface area contributed by atoms with Crippen LogP contribution in [0.2, 0.25) is 0 Å². The molecule has 1 fully saturated rings. The Labute approximate surface area is 140 Å². The molecule has 6 nitrogen and oxygen atoms in total. The van der Waals surface area contributed by atoms with E-state index in [1.807, 2.05) is 12.1 Å². The van der Waals surface area contributed by atoms with Gasteiger partial charge in [0.2, 0.25) is 5.91 Å². The third-order valence-corrected chi connectivity index (χ3v) is 3.93. The van der Waals surface area contributed by atoms with Crippen LogP contribution in [-0.2, 0) is 16.0 Å². The largest absolute Gasteiger partial charge is 0.469 e. The van der Waals surface area contributed by atoms with Crippen molar-refractivity contribution in [3.05, 3.63) is 54.0 Å². The van der Waals surface area contributed by atoms with Crippen LogP contribution >= 0.6 is 0 Å². The van der Waals surface area contributed by atoms with Crippen molar-refractivity contribution in [1.29, 1.82) is 0 Å². The van der Waals surface area contributed by atoms with E-state index in [1.54, 1.807) is 24.3 Å². The molecule has 1 saturated heterocycles. The number of carbonyl (C=O) groups is 2. The van der Waals surface area contributed by atoms with Crippen LogP contribution in [0.25, 0.3) is 0 Å². The topological polar surface area (TPSA) is 71.8 Å². The second-order valence-electron chi connectivity index (χ2n) is 5.60. The first-order chi connectivity index (χ1) is 11.7. The fourth-order valence-corrected chi connectivity index (χ4v) is 2.59. The van der Waals surface area contributed by atoms with Gasteiger partial charge in [-0.1, -0.05) is 0 Å². The van der Waals surface area contributed by atoms with Gasteiger partial charge in [0.05, 0.1) is 32.4 Å². The third-order valence-electron chi connectivity index (χ3n) is 3.93. The number of Topliss-reactive ketones (excluding diaryl/α,β-unsaturated/α-hetero) is 1. The van der Waals surface area contributed by atoms with Gasteiger partial charge in [-0.25, -0.2) is 0 Å². The fraction of sp³-hybridized carbons (Fsp3) is 0.333. The van der Waals surface area contributed by atoms with E-state index >= 15 is 0 Å². The number of hydrogen-bond acceptors (Lipinski definition) is 5. The number of hydrogen-bond donors (Lipinski definition) is 1. The summed E-state index contributed by atoms with van der Waals surface area (Å²) in [6.07, 6.45) is 1.65. The highest BCUT2D eigenvalue weighted by Crippen LogP contribution is 2.16. The van der Waals surface area contributed by atoms with Crippen LogP contribution in [0.5, 0.6) is 0 Å². The van der Waals surface area contributed by atoms with Gasteiger partial charge in [0.25, 0.3) is 0 Å². The first kappa shape index (κ1) is 16.3. The van der Waals surface area contributed by atoms with Crippen LogP contribution in [-0.4, -0.2) is 44.5 Å². The highest BCUT2D eigenvalue weighted by molar-refractivity contribution is 5.99. The number of benzene rings is 1. The number of amides is 1. The number of furan rings is 1. The minimum atomic E-state index is -0.233. The summed E-state index contributed by atoms with van der Waals surface area (Å²) in [6.45, 7) is 3.15. The second-order valence-corrected chi connectivity index (χ2v) is 5.60. The van der Waals surface area contributed by atoms with Crippen molar-refractivity contribution in [3.8, 4) is 0 Å². The van der Waals surface area contributed by atoms with Crippen molar-refractivity contribution in [1.82, 2.24) is 5.32 Å². The molecule has 1 aromatic heterocycles. The maximum atomic E-state index is 12.2. The summed E-state index contributed by atoms with van der Waals surface area (Å²) in [5.41, 5.74) is 1.67. The summed E-state index contributed by atoms with van der Waals surface area (Å²) < 4.78 is 10.4. The first-order valence-electron chi connectivity index (χ1n) is 7.97. The quantitative estimate of drug-likeness (QED) is 0.817. The highest BCUT2D eigenvalue weighted by atomic mass is 16.5. The van der Waals surface area contributed by atoms with Gasteiger partial charge >= 0.3 is 0 Å². The lowest BCUT2D eigenvalue weighted by atomic mass is 10.1. The number of nitrogens with one attached hydrogen (secondary N) is 1. The summed E-state index contributed by atoms with van der Waals surface area (Å²) in [5, 5.41) is 2.62. The molecular weight excluding hydrogens is 308 g/mol. The molecule has 0 spiro atoms. The number of ether oxygens (including phenoxy) is 1. The third kappa shape index (κ3) is 4.23. The lowest BCUT2D eigenvalue weighted by Gasteiger charge is -2.28. The molecule has 126 valence electrons. The molecule has 24 heavy (non-hydrogen) atoms. The standard InChI is InChI=1S/C18H20N2O4/c21-17(13-19-18(22)12-16-2-1-9-24-16)14-3-5-15(6-4-14)20-7-10-23-11-8-20/h1-6,9H,7-8,10-13H2,(H,19,22). The molecule has 1 aliphatic heterocycles. The van der Waals surface area contributed by atoms with Crippen molar-refractivity contribution in [2.24, 2.45) is 0 Å². The molecule has 3 rings (SSSR count). The van der Waals surface area contributed by atoms with Gasteiger partial charge in [-0.15, -0.1) is 0 Å². The van der Waals surface area contributed by atoms with Gasteiger partial charge in [0, 0.05) is 24.3 Å². The predicted octanol–water partition coefficient (Wildman–Crippen LogP) is 1.66. The van der Waals surface area contributed by atoms with E-state index in [2.05, 4.69) is 10.2 Å². The SMILES string of the molecule is O=C(Cc1ccco1)NCC(=O)c1ccc(N2CCOCC2)cc1. The van der Waals surface area contributed by atoms with E-state index in [0.29, 0.717) is 11.3 Å². The fourth-order valence-electron chi connectivity index (χ4n) is 2.59. The Morgan fingerprint density at radius 1 is 1.08 bits per heavy atom. The van der Waals surface area contributed by atoms with Crippen LogP contribution in [0.4, 0.5) is 5.69 Å². The molecule has 6 heteroatoms. The number of nitrogens with zero attached hydrogens (tertiary/aromatic N) is 1. The maximum Gasteiger partial charge on any atom is 0.227 e. The van der Waals surface area contributed by atoms with Crippen LogP contribution in [0.1, 0.15) is 16.1 Å².